The van der Waals surface area contributed by atoms with E-state index in [9.17, 15) is 9.59 Å². The molecule has 0 bridgehead atoms. The van der Waals surface area contributed by atoms with Crippen molar-refractivity contribution in [3.8, 4) is 5.75 Å². The summed E-state index contributed by atoms with van der Waals surface area (Å²) in [7, 11) is 0. The van der Waals surface area contributed by atoms with Gasteiger partial charge in [0.25, 0.3) is 0 Å². The lowest BCUT2D eigenvalue weighted by molar-refractivity contribution is -0.131. The largest absolute Gasteiger partial charge is 0.427 e. The van der Waals surface area contributed by atoms with Crippen LogP contribution in [0.25, 0.3) is 0 Å². The quantitative estimate of drug-likeness (QED) is 0.394. The van der Waals surface area contributed by atoms with Crippen molar-refractivity contribution in [2.45, 2.75) is 6.92 Å². The van der Waals surface area contributed by atoms with E-state index in [0.717, 1.165) is 5.56 Å². The van der Waals surface area contributed by atoms with Crippen molar-refractivity contribution in [3.63, 3.8) is 0 Å². The lowest BCUT2D eigenvalue weighted by Gasteiger charge is -2.03. The molecule has 0 unspecified atom stereocenters. The predicted octanol–water partition coefficient (Wildman–Crippen LogP) is 2.77. The number of amides is 2. The van der Waals surface area contributed by atoms with E-state index in [-0.39, 0.29) is 5.97 Å². The number of nitrogens with zero attached hydrogens (tertiary/aromatic N) is 1. The van der Waals surface area contributed by atoms with Crippen molar-refractivity contribution in [1.29, 1.82) is 0 Å². The fourth-order valence-electron chi connectivity index (χ4n) is 1.63. The first-order chi connectivity index (χ1) is 10.6. The Hall–Kier alpha value is -3.15. The van der Waals surface area contributed by atoms with Crippen LogP contribution in [-0.4, -0.2) is 18.2 Å². The summed E-state index contributed by atoms with van der Waals surface area (Å²) < 4.78 is 4.92. The SMILES string of the molecule is CC(=O)Oc1ccc(C=NNC(=O)Nc2ccccc2)cc1. The van der Waals surface area contributed by atoms with Crippen molar-refractivity contribution in [1.82, 2.24) is 5.43 Å². The number of ether oxygens (including phenoxy) is 1. The molecule has 0 saturated heterocycles. The molecule has 0 saturated carbocycles. The second-order valence-electron chi connectivity index (χ2n) is 4.35. The molecule has 0 aliphatic rings. The van der Waals surface area contributed by atoms with Crippen molar-refractivity contribution >= 4 is 23.9 Å². The van der Waals surface area contributed by atoms with Crippen LogP contribution in [0.5, 0.6) is 5.75 Å². The molecule has 6 heteroatoms. The van der Waals surface area contributed by atoms with Gasteiger partial charge < -0.3 is 10.1 Å². The summed E-state index contributed by atoms with van der Waals surface area (Å²) in [5.41, 5.74) is 3.80. The molecule has 0 aromatic heterocycles. The van der Waals surface area contributed by atoms with E-state index in [1.807, 2.05) is 18.2 Å². The molecule has 0 fully saturated rings. The van der Waals surface area contributed by atoms with Crippen LogP contribution in [0.2, 0.25) is 0 Å². The molecule has 6 nitrogen and oxygen atoms in total. The van der Waals surface area contributed by atoms with Gasteiger partial charge in [0.05, 0.1) is 6.21 Å². The second-order valence-corrected chi connectivity index (χ2v) is 4.35. The van der Waals surface area contributed by atoms with Gasteiger partial charge in [-0.1, -0.05) is 18.2 Å². The summed E-state index contributed by atoms with van der Waals surface area (Å²) in [5, 5.41) is 6.47. The maximum Gasteiger partial charge on any atom is 0.339 e. The highest BCUT2D eigenvalue weighted by molar-refractivity contribution is 5.90. The van der Waals surface area contributed by atoms with Crippen LogP contribution in [0.15, 0.2) is 59.7 Å². The highest BCUT2D eigenvalue weighted by atomic mass is 16.5. The number of carbonyl (C=O) groups excluding carboxylic acids is 2. The maximum atomic E-state index is 11.6. The van der Waals surface area contributed by atoms with E-state index >= 15 is 0 Å². The van der Waals surface area contributed by atoms with Crippen LogP contribution in [0.3, 0.4) is 0 Å². The van der Waals surface area contributed by atoms with Gasteiger partial charge >= 0.3 is 12.0 Å². The Balaban J connectivity index is 1.84. The maximum absolute atomic E-state index is 11.6. The highest BCUT2D eigenvalue weighted by Crippen LogP contribution is 2.11. The topological polar surface area (TPSA) is 79.8 Å². The second kappa shape index (κ2) is 7.58. The first-order valence-electron chi connectivity index (χ1n) is 6.57. The minimum atomic E-state index is -0.431. The van der Waals surface area contributed by atoms with Crippen molar-refractivity contribution in [2.75, 3.05) is 5.32 Å². The Kier molecular flexibility index (Phi) is 5.25. The normalized spacial score (nSPS) is 10.2. The van der Waals surface area contributed by atoms with Crippen LogP contribution < -0.4 is 15.5 Å². The zero-order chi connectivity index (χ0) is 15.8. The number of hydrogen-bond donors (Lipinski definition) is 2. The number of carbonyl (C=O) groups is 2. The number of nitrogens with one attached hydrogen (secondary N) is 2. The number of benzene rings is 2. The number of urea groups is 1. The number of anilines is 1. The third kappa shape index (κ3) is 5.09. The van der Waals surface area contributed by atoms with Crippen LogP contribution in [-0.2, 0) is 4.79 Å². The Morgan fingerprint density at radius 3 is 2.36 bits per heavy atom. The summed E-state index contributed by atoms with van der Waals surface area (Å²) in [6.07, 6.45) is 1.49. The van der Waals surface area contributed by atoms with Crippen LogP contribution >= 0.6 is 0 Å². The van der Waals surface area contributed by atoms with Crippen molar-refractivity contribution < 1.29 is 14.3 Å². The Morgan fingerprint density at radius 1 is 1.05 bits per heavy atom. The molecule has 0 heterocycles. The van der Waals surface area contributed by atoms with E-state index < -0.39 is 6.03 Å². The van der Waals surface area contributed by atoms with Gasteiger partial charge in [0.1, 0.15) is 5.75 Å². The zero-order valence-electron chi connectivity index (χ0n) is 11.9. The van der Waals surface area contributed by atoms with Gasteiger partial charge in [-0.2, -0.15) is 5.10 Å². The summed E-state index contributed by atoms with van der Waals surface area (Å²) in [5.74, 6) is 0.0834. The smallest absolute Gasteiger partial charge is 0.339 e. The summed E-state index contributed by atoms with van der Waals surface area (Å²) in [6.45, 7) is 1.34. The van der Waals surface area contributed by atoms with Gasteiger partial charge in [0, 0.05) is 12.6 Å². The standard InChI is InChI=1S/C16H15N3O3/c1-12(20)22-15-9-7-13(8-10-15)11-17-19-16(21)18-14-5-3-2-4-6-14/h2-11H,1H3,(H2,18,19,21). The minimum Gasteiger partial charge on any atom is -0.427 e. The van der Waals surface area contributed by atoms with Crippen LogP contribution in [0.4, 0.5) is 10.5 Å². The monoisotopic (exact) mass is 297 g/mol. The summed E-state index contributed by atoms with van der Waals surface area (Å²) >= 11 is 0. The number of rotatable bonds is 4. The number of esters is 1. The van der Waals surface area contributed by atoms with E-state index in [0.29, 0.717) is 11.4 Å². The molecule has 2 aromatic carbocycles. The molecule has 2 rings (SSSR count). The first kappa shape index (κ1) is 15.2. The summed E-state index contributed by atoms with van der Waals surface area (Å²) in [6, 6.07) is 15.4. The fraction of sp³-hybridized carbons (Fsp3) is 0.0625. The predicted molar refractivity (Wildman–Crippen MR) is 83.9 cm³/mol. The van der Waals surface area contributed by atoms with Gasteiger partial charge in [-0.05, 0) is 42.0 Å². The molecule has 22 heavy (non-hydrogen) atoms. The highest BCUT2D eigenvalue weighted by Gasteiger charge is 1.99. The lowest BCUT2D eigenvalue weighted by atomic mass is 10.2. The first-order valence-corrected chi connectivity index (χ1v) is 6.57. The fourth-order valence-corrected chi connectivity index (χ4v) is 1.63. The number of hydrogen-bond acceptors (Lipinski definition) is 4. The minimum absolute atomic E-state index is 0.374. The molecule has 0 atom stereocenters. The molecule has 0 spiro atoms. The van der Waals surface area contributed by atoms with Gasteiger partial charge in [0.2, 0.25) is 0 Å². The average molecular weight is 297 g/mol. The lowest BCUT2D eigenvalue weighted by Crippen LogP contribution is -2.24. The van der Waals surface area contributed by atoms with Crippen LogP contribution in [0.1, 0.15) is 12.5 Å². The number of hydrazone groups is 1. The third-order valence-electron chi connectivity index (χ3n) is 2.55. The van der Waals surface area contributed by atoms with E-state index in [1.54, 1.807) is 36.4 Å². The zero-order valence-corrected chi connectivity index (χ0v) is 11.9. The van der Waals surface area contributed by atoms with Crippen molar-refractivity contribution in [3.05, 3.63) is 60.2 Å². The molecule has 0 aliphatic heterocycles. The van der Waals surface area contributed by atoms with Crippen LogP contribution in [0, 0.1) is 0 Å². The molecule has 0 radical (unpaired) electrons. The Labute approximate surface area is 127 Å². The Bertz CT molecular complexity index is 667. The average Bonchev–Trinajstić information content (AvgIpc) is 2.49. The molecule has 2 N–H and O–H groups in total. The van der Waals surface area contributed by atoms with E-state index in [1.165, 1.54) is 13.1 Å². The summed E-state index contributed by atoms with van der Waals surface area (Å²) in [4.78, 5) is 22.4. The van der Waals surface area contributed by atoms with Gasteiger partial charge in [-0.25, -0.2) is 10.2 Å². The molecule has 2 aromatic rings. The van der Waals surface area contributed by atoms with Crippen molar-refractivity contribution in [2.24, 2.45) is 5.10 Å². The molecular weight excluding hydrogens is 282 g/mol. The van der Waals surface area contributed by atoms with Gasteiger partial charge in [0.15, 0.2) is 0 Å². The molecule has 2 amide bonds. The van der Waals surface area contributed by atoms with E-state index in [2.05, 4.69) is 15.8 Å². The van der Waals surface area contributed by atoms with Gasteiger partial charge in [-0.15, -0.1) is 0 Å². The molecule has 112 valence electrons. The number of para-hydroxylation sites is 1. The Morgan fingerprint density at radius 2 is 1.73 bits per heavy atom. The molecular formula is C16H15N3O3. The third-order valence-corrected chi connectivity index (χ3v) is 2.55. The van der Waals surface area contributed by atoms with E-state index in [4.69, 9.17) is 4.74 Å². The molecule has 0 aliphatic carbocycles. The van der Waals surface area contributed by atoms with Gasteiger partial charge in [-0.3, -0.25) is 4.79 Å².